The molecule has 7 aromatic rings. The fourth-order valence-electron chi connectivity index (χ4n) is 8.92. The van der Waals surface area contributed by atoms with E-state index in [1.54, 1.807) is 0 Å². The van der Waals surface area contributed by atoms with Crippen LogP contribution in [0.15, 0.2) is 150 Å². The van der Waals surface area contributed by atoms with E-state index in [4.69, 9.17) is 4.42 Å². The molecule has 4 aliphatic carbocycles. The third-order valence-electron chi connectivity index (χ3n) is 11.0. The molecule has 2 heteroatoms. The van der Waals surface area contributed by atoms with Crippen LogP contribution in [0, 0.1) is 0 Å². The van der Waals surface area contributed by atoms with E-state index >= 15 is 0 Å². The van der Waals surface area contributed by atoms with Gasteiger partial charge in [-0.15, -0.1) is 0 Å². The molecule has 0 saturated carbocycles. The first-order chi connectivity index (χ1) is 23.8. The van der Waals surface area contributed by atoms with E-state index in [-0.39, 0.29) is 0 Å². The molecule has 0 saturated heterocycles. The number of hydrogen-bond acceptors (Lipinski definition) is 2. The van der Waals surface area contributed by atoms with Gasteiger partial charge in [-0.2, -0.15) is 0 Å². The average Bonchev–Trinajstić information content (AvgIpc) is 3.47. The van der Waals surface area contributed by atoms with E-state index < -0.39 is 0 Å². The van der Waals surface area contributed by atoms with Crippen LogP contribution >= 0.6 is 0 Å². The lowest BCUT2D eigenvalue weighted by Crippen LogP contribution is -2.13. The predicted octanol–water partition coefficient (Wildman–Crippen LogP) is 12.6. The minimum Gasteiger partial charge on any atom is -0.456 e. The summed E-state index contributed by atoms with van der Waals surface area (Å²) in [5, 5.41) is 2.29. The highest BCUT2D eigenvalue weighted by molar-refractivity contribution is 6.07. The standard InChI is InChI=1S/C46H31NO/c1-2-10-29-25-30(20-19-28(29)9-1)47(32-22-24-36-35-12-5-6-18-43(35)48-44(36)27-32)31-21-23-34-39-15-8-16-40-41-17-7-14-38(46(41)42(34)26-31)33-11-3-4-13-37(33)45(39)40/h1,3-9,11-27,33,37H,2,10H2. The maximum absolute atomic E-state index is 6.42. The number of benzene rings is 6. The van der Waals surface area contributed by atoms with Crippen molar-refractivity contribution in [3.05, 3.63) is 168 Å². The van der Waals surface area contributed by atoms with Gasteiger partial charge in [-0.25, -0.2) is 0 Å². The topological polar surface area (TPSA) is 16.4 Å². The summed E-state index contributed by atoms with van der Waals surface area (Å²) >= 11 is 0. The molecule has 0 spiro atoms. The summed E-state index contributed by atoms with van der Waals surface area (Å²) in [6, 6.07) is 43.0. The van der Waals surface area contributed by atoms with Gasteiger partial charge in [-0.1, -0.05) is 103 Å². The van der Waals surface area contributed by atoms with Gasteiger partial charge in [-0.05, 0) is 111 Å². The number of anilines is 3. The Bertz CT molecular complexity index is 2590. The number of rotatable bonds is 3. The number of nitrogens with zero attached hydrogens (tertiary/aromatic N) is 1. The minimum atomic E-state index is 0.310. The maximum Gasteiger partial charge on any atom is 0.137 e. The number of allylic oxidation sites excluding steroid dienone is 5. The van der Waals surface area contributed by atoms with E-state index in [1.807, 2.05) is 6.07 Å². The largest absolute Gasteiger partial charge is 0.456 e. The van der Waals surface area contributed by atoms with Crippen LogP contribution in [0.2, 0.25) is 0 Å². The molecular formula is C46H31NO. The Kier molecular flexibility index (Phi) is 5.37. The van der Waals surface area contributed by atoms with Gasteiger partial charge in [0.1, 0.15) is 11.2 Å². The minimum absolute atomic E-state index is 0.310. The van der Waals surface area contributed by atoms with Crippen molar-refractivity contribution >= 4 is 45.1 Å². The molecule has 48 heavy (non-hydrogen) atoms. The Morgan fingerprint density at radius 3 is 2.27 bits per heavy atom. The fraction of sp³-hybridized carbons (Fsp3) is 0.0870. The quantitative estimate of drug-likeness (QED) is 0.197. The van der Waals surface area contributed by atoms with Gasteiger partial charge in [0.05, 0.1) is 0 Å². The van der Waals surface area contributed by atoms with E-state index in [1.165, 1.54) is 55.6 Å². The van der Waals surface area contributed by atoms with Crippen LogP contribution < -0.4 is 4.90 Å². The molecule has 6 aromatic carbocycles. The summed E-state index contributed by atoms with van der Waals surface area (Å²) in [5.41, 5.74) is 18.8. The van der Waals surface area contributed by atoms with Crippen molar-refractivity contribution in [3.63, 3.8) is 0 Å². The van der Waals surface area contributed by atoms with Gasteiger partial charge >= 0.3 is 0 Å². The molecule has 2 nitrogen and oxygen atoms in total. The van der Waals surface area contributed by atoms with Crippen LogP contribution in [0.3, 0.4) is 0 Å². The number of hydrogen-bond donors (Lipinski definition) is 0. The Balaban J connectivity index is 1.17. The Hall–Kier alpha value is -5.86. The van der Waals surface area contributed by atoms with Gasteiger partial charge in [0.15, 0.2) is 0 Å². The van der Waals surface area contributed by atoms with Gasteiger partial charge in [0, 0.05) is 45.7 Å². The smallest absolute Gasteiger partial charge is 0.137 e. The number of aryl methyl sites for hydroxylation is 1. The molecule has 4 aliphatic rings. The van der Waals surface area contributed by atoms with Crippen LogP contribution in [-0.4, -0.2) is 0 Å². The zero-order valence-electron chi connectivity index (χ0n) is 26.4. The fourth-order valence-corrected chi connectivity index (χ4v) is 8.92. The first-order valence-electron chi connectivity index (χ1n) is 17.1. The van der Waals surface area contributed by atoms with Crippen molar-refractivity contribution in [2.45, 2.75) is 24.7 Å². The molecule has 0 radical (unpaired) electrons. The molecule has 0 aliphatic heterocycles. The third kappa shape index (κ3) is 3.63. The zero-order chi connectivity index (χ0) is 31.3. The van der Waals surface area contributed by atoms with Crippen molar-refractivity contribution < 1.29 is 4.42 Å². The van der Waals surface area contributed by atoms with Gasteiger partial charge < -0.3 is 9.32 Å². The van der Waals surface area contributed by atoms with Crippen molar-refractivity contribution in [2.24, 2.45) is 0 Å². The van der Waals surface area contributed by atoms with Crippen LogP contribution in [0.5, 0.6) is 0 Å². The Labute approximate surface area is 279 Å². The number of fused-ring (bicyclic) bond motifs is 8. The SMILES string of the molecule is C1=CC2c3cccc4c3-c3cc(N(c5ccc6c(c5)CCC=C6)c5ccc6c(c5)oc5ccccc56)ccc3-c3cccc-4c3C2C=C1. The first kappa shape index (κ1) is 26.2. The van der Waals surface area contributed by atoms with E-state index in [0.717, 1.165) is 51.8 Å². The highest BCUT2D eigenvalue weighted by atomic mass is 16.3. The summed E-state index contributed by atoms with van der Waals surface area (Å²) in [4.78, 5) is 2.42. The maximum atomic E-state index is 6.42. The highest BCUT2D eigenvalue weighted by Gasteiger charge is 2.37. The predicted molar refractivity (Wildman–Crippen MR) is 199 cm³/mol. The summed E-state index contributed by atoms with van der Waals surface area (Å²) in [7, 11) is 0. The highest BCUT2D eigenvalue weighted by Crippen LogP contribution is 2.58. The number of para-hydroxylation sites is 1. The second kappa shape index (κ2) is 9.82. The second-order valence-electron chi connectivity index (χ2n) is 13.5. The van der Waals surface area contributed by atoms with Gasteiger partial charge in [0.25, 0.3) is 0 Å². The van der Waals surface area contributed by atoms with E-state index in [9.17, 15) is 0 Å². The molecule has 6 bridgehead atoms. The van der Waals surface area contributed by atoms with Crippen molar-refractivity contribution in [1.82, 2.24) is 0 Å². The number of furan rings is 1. The van der Waals surface area contributed by atoms with Crippen LogP contribution in [-0.2, 0) is 6.42 Å². The molecule has 0 fully saturated rings. The van der Waals surface area contributed by atoms with Gasteiger partial charge in [0.2, 0.25) is 0 Å². The monoisotopic (exact) mass is 613 g/mol. The molecule has 2 atom stereocenters. The average molecular weight is 614 g/mol. The molecule has 2 unspecified atom stereocenters. The molecule has 11 rings (SSSR count). The summed E-state index contributed by atoms with van der Waals surface area (Å²) < 4.78 is 6.42. The molecular weight excluding hydrogens is 583 g/mol. The van der Waals surface area contributed by atoms with E-state index in [2.05, 4.69) is 151 Å². The van der Waals surface area contributed by atoms with Crippen molar-refractivity contribution in [2.75, 3.05) is 4.90 Å². The molecule has 1 aromatic heterocycles. The molecule has 1 heterocycles. The lowest BCUT2D eigenvalue weighted by Gasteiger charge is -2.31. The lowest BCUT2D eigenvalue weighted by molar-refractivity contribution is 0.669. The Morgan fingerprint density at radius 1 is 0.562 bits per heavy atom. The van der Waals surface area contributed by atoms with E-state index in [0.29, 0.717) is 11.8 Å². The van der Waals surface area contributed by atoms with Crippen molar-refractivity contribution in [3.8, 4) is 33.4 Å². The normalized spacial score (nSPS) is 17.6. The van der Waals surface area contributed by atoms with Gasteiger partial charge in [-0.3, -0.25) is 0 Å². The zero-order valence-corrected chi connectivity index (χ0v) is 26.4. The summed E-state index contributed by atoms with van der Waals surface area (Å²) in [6.07, 6.45) is 16.0. The van der Waals surface area contributed by atoms with Crippen LogP contribution in [0.25, 0.3) is 61.4 Å². The van der Waals surface area contributed by atoms with Crippen molar-refractivity contribution in [1.29, 1.82) is 0 Å². The van der Waals surface area contributed by atoms with Crippen LogP contribution in [0.1, 0.15) is 40.5 Å². The summed E-state index contributed by atoms with van der Waals surface area (Å²) in [5.74, 6) is 0.633. The third-order valence-corrected chi connectivity index (χ3v) is 11.0. The second-order valence-corrected chi connectivity index (χ2v) is 13.5. The Morgan fingerprint density at radius 2 is 1.31 bits per heavy atom. The molecule has 226 valence electrons. The molecule has 0 N–H and O–H groups in total. The first-order valence-corrected chi connectivity index (χ1v) is 17.1. The molecule has 0 amide bonds. The lowest BCUT2D eigenvalue weighted by atomic mass is 9.73. The summed E-state index contributed by atoms with van der Waals surface area (Å²) in [6.45, 7) is 0. The van der Waals surface area contributed by atoms with Crippen LogP contribution in [0.4, 0.5) is 17.1 Å².